The number of Topliss-reactive ketones (excluding diaryl/α,β-unsaturated/α-hetero) is 1. The smallest absolute Gasteiger partial charge is 0.229 e. The molecule has 38 heavy (non-hydrogen) atoms. The maximum absolute atomic E-state index is 14.8. The van der Waals surface area contributed by atoms with Gasteiger partial charge in [-0.2, -0.15) is 0 Å². The number of hydrogen-bond acceptors (Lipinski definition) is 7. The highest BCUT2D eigenvalue weighted by Crippen LogP contribution is 2.38. The summed E-state index contributed by atoms with van der Waals surface area (Å²) in [5.41, 5.74) is 1.31. The molecule has 1 saturated heterocycles. The van der Waals surface area contributed by atoms with Gasteiger partial charge in [-0.3, -0.25) is 9.78 Å². The van der Waals surface area contributed by atoms with Crippen molar-refractivity contribution < 1.29 is 18.7 Å². The predicted octanol–water partition coefficient (Wildman–Crippen LogP) is 6.25. The van der Waals surface area contributed by atoms with Crippen LogP contribution in [-0.4, -0.2) is 47.4 Å². The van der Waals surface area contributed by atoms with Crippen LogP contribution in [0.15, 0.2) is 54.2 Å². The van der Waals surface area contributed by atoms with Gasteiger partial charge in [0.25, 0.3) is 0 Å². The zero-order valence-corrected chi connectivity index (χ0v) is 21.8. The molecule has 9 heteroatoms. The predicted molar refractivity (Wildman–Crippen MR) is 145 cm³/mol. The lowest BCUT2D eigenvalue weighted by molar-refractivity contribution is -0.117. The number of ketones is 1. The maximum Gasteiger partial charge on any atom is 0.229 e. The van der Waals surface area contributed by atoms with Crippen LogP contribution < -0.4 is 9.47 Å². The van der Waals surface area contributed by atoms with Crippen LogP contribution in [0.25, 0.3) is 15.7 Å². The molecular formula is C29H27FN4O3S. The van der Waals surface area contributed by atoms with Crippen molar-refractivity contribution in [1.82, 2.24) is 14.9 Å². The van der Waals surface area contributed by atoms with E-state index >= 15 is 0 Å². The molecule has 0 bridgehead atoms. The molecule has 0 aliphatic carbocycles. The number of carbonyl (C=O) groups is 1. The molecule has 2 aromatic heterocycles. The van der Waals surface area contributed by atoms with E-state index in [4.69, 9.17) is 16.0 Å². The van der Waals surface area contributed by atoms with E-state index in [1.54, 1.807) is 42.7 Å². The summed E-state index contributed by atoms with van der Waals surface area (Å²) in [6.45, 7) is 10.3. The number of halogens is 1. The third-order valence-corrected chi connectivity index (χ3v) is 7.47. The van der Waals surface area contributed by atoms with Crippen LogP contribution in [0.2, 0.25) is 0 Å². The number of carbonyl (C=O) groups excluding carboxylic acids is 1. The monoisotopic (exact) mass is 530 g/mol. The number of nitrogens with zero attached hydrogens (tertiary/aromatic N) is 4. The van der Waals surface area contributed by atoms with Gasteiger partial charge in [-0.25, -0.2) is 14.2 Å². The van der Waals surface area contributed by atoms with Gasteiger partial charge in [0, 0.05) is 35.6 Å². The van der Waals surface area contributed by atoms with Gasteiger partial charge in [0.2, 0.25) is 5.69 Å². The molecule has 1 fully saturated rings. The second-order valence-corrected chi connectivity index (χ2v) is 10.5. The summed E-state index contributed by atoms with van der Waals surface area (Å²) < 4.78 is 26.9. The first kappa shape index (κ1) is 25.8. The van der Waals surface area contributed by atoms with E-state index in [1.807, 2.05) is 5.38 Å². The topological polar surface area (TPSA) is 68.9 Å². The summed E-state index contributed by atoms with van der Waals surface area (Å²) in [5, 5.41) is 3.16. The third-order valence-electron chi connectivity index (χ3n) is 6.69. The molecule has 1 aliphatic heterocycles. The van der Waals surface area contributed by atoms with Gasteiger partial charge in [0.05, 0.1) is 30.1 Å². The SMILES string of the molecule is [C-]#[N+]c1cc2c(Oc3ccc(CC(=O)Cc4nccs4)c(F)c3)ccnc2cc1OCC1CCN(C)CC1. The number of pyridine rings is 1. The second-order valence-electron chi connectivity index (χ2n) is 9.49. The fourth-order valence-corrected chi connectivity index (χ4v) is 5.16. The zero-order chi connectivity index (χ0) is 26.5. The number of rotatable bonds is 9. The average Bonchev–Trinajstić information content (AvgIpc) is 3.42. The van der Waals surface area contributed by atoms with E-state index in [-0.39, 0.29) is 24.4 Å². The van der Waals surface area contributed by atoms with Crippen LogP contribution in [0.5, 0.6) is 17.2 Å². The molecule has 4 aromatic rings. The van der Waals surface area contributed by atoms with Crippen molar-refractivity contribution in [1.29, 1.82) is 0 Å². The van der Waals surface area contributed by atoms with Crippen molar-refractivity contribution >= 4 is 33.7 Å². The Morgan fingerprint density at radius 2 is 1.97 bits per heavy atom. The van der Waals surface area contributed by atoms with Crippen molar-refractivity contribution in [2.45, 2.75) is 25.7 Å². The van der Waals surface area contributed by atoms with Crippen molar-refractivity contribution in [2.24, 2.45) is 5.92 Å². The molecule has 0 atom stereocenters. The summed E-state index contributed by atoms with van der Waals surface area (Å²) >= 11 is 1.40. The zero-order valence-electron chi connectivity index (χ0n) is 21.0. The molecule has 7 nitrogen and oxygen atoms in total. The van der Waals surface area contributed by atoms with Crippen LogP contribution in [-0.2, 0) is 17.6 Å². The molecule has 0 unspecified atom stereocenters. The Balaban J connectivity index is 1.30. The van der Waals surface area contributed by atoms with Crippen molar-refractivity contribution in [2.75, 3.05) is 26.7 Å². The van der Waals surface area contributed by atoms with Crippen molar-refractivity contribution in [3.63, 3.8) is 0 Å². The van der Waals surface area contributed by atoms with Crippen LogP contribution in [0.4, 0.5) is 10.1 Å². The van der Waals surface area contributed by atoms with E-state index < -0.39 is 5.82 Å². The number of ether oxygens (including phenoxy) is 2. The number of thiazole rings is 1. The summed E-state index contributed by atoms with van der Waals surface area (Å²) in [6, 6.07) is 9.62. The molecule has 3 heterocycles. The highest BCUT2D eigenvalue weighted by molar-refractivity contribution is 7.09. The number of aromatic nitrogens is 2. The lowest BCUT2D eigenvalue weighted by Gasteiger charge is -2.28. The minimum Gasteiger partial charge on any atom is -0.504 e. The largest absolute Gasteiger partial charge is 0.504 e. The van der Waals surface area contributed by atoms with E-state index in [0.29, 0.717) is 51.2 Å². The minimum atomic E-state index is -0.514. The first-order valence-electron chi connectivity index (χ1n) is 12.5. The normalized spacial score (nSPS) is 14.3. The van der Waals surface area contributed by atoms with Crippen LogP contribution in [0.1, 0.15) is 23.4 Å². The van der Waals surface area contributed by atoms with Crippen LogP contribution in [0, 0.1) is 18.3 Å². The molecular weight excluding hydrogens is 503 g/mol. The number of piperidine rings is 1. The maximum atomic E-state index is 14.8. The quantitative estimate of drug-likeness (QED) is 0.238. The summed E-state index contributed by atoms with van der Waals surface area (Å²) in [5.74, 6) is 1.09. The summed E-state index contributed by atoms with van der Waals surface area (Å²) in [7, 11) is 2.12. The molecule has 0 saturated carbocycles. The Morgan fingerprint density at radius 1 is 1.13 bits per heavy atom. The fraction of sp³-hybridized carbons (Fsp3) is 0.310. The van der Waals surface area contributed by atoms with E-state index in [0.717, 1.165) is 25.9 Å². The first-order chi connectivity index (χ1) is 18.5. The second kappa shape index (κ2) is 11.7. The Hall–Kier alpha value is -3.87. The van der Waals surface area contributed by atoms with Gasteiger partial charge in [0.1, 0.15) is 28.8 Å². The Bertz CT molecular complexity index is 1480. The Kier molecular flexibility index (Phi) is 7.91. The number of likely N-dealkylation sites (tertiary alicyclic amines) is 1. The average molecular weight is 531 g/mol. The van der Waals surface area contributed by atoms with Crippen molar-refractivity contribution in [3.05, 3.63) is 82.0 Å². The lowest BCUT2D eigenvalue weighted by Crippen LogP contribution is -2.32. The third kappa shape index (κ3) is 6.15. The van der Waals surface area contributed by atoms with Gasteiger partial charge in [0.15, 0.2) is 0 Å². The molecule has 1 aliphatic rings. The highest BCUT2D eigenvalue weighted by atomic mass is 32.1. The molecule has 0 radical (unpaired) electrons. The molecule has 0 N–H and O–H groups in total. The Morgan fingerprint density at radius 3 is 2.71 bits per heavy atom. The van der Waals surface area contributed by atoms with Gasteiger partial charge in [-0.1, -0.05) is 6.07 Å². The molecule has 2 aromatic carbocycles. The summed E-state index contributed by atoms with van der Waals surface area (Å²) in [4.78, 5) is 26.8. The standard InChI is InChI=1S/C29H27FN4O3S/c1-31-26-16-23-25(17-28(26)36-18-19-6-10-34(2)11-7-19)32-8-5-27(23)37-22-4-3-20(24(30)15-22)13-21(35)14-29-33-9-12-38-29/h3-5,8-9,12,15-17,19H,6-7,10-11,13-14,18H2,2H3. The fourth-order valence-electron chi connectivity index (χ4n) is 4.51. The number of fused-ring (bicyclic) bond motifs is 1. The first-order valence-corrected chi connectivity index (χ1v) is 13.3. The minimum absolute atomic E-state index is 0.0153. The summed E-state index contributed by atoms with van der Waals surface area (Å²) in [6.07, 6.45) is 5.57. The number of benzene rings is 2. The van der Waals surface area contributed by atoms with E-state index in [1.165, 1.54) is 17.4 Å². The van der Waals surface area contributed by atoms with E-state index in [2.05, 4.69) is 26.8 Å². The van der Waals surface area contributed by atoms with Gasteiger partial charge in [-0.15, -0.1) is 11.3 Å². The van der Waals surface area contributed by atoms with Gasteiger partial charge < -0.3 is 14.4 Å². The molecule has 194 valence electrons. The Labute approximate surface area is 224 Å². The highest BCUT2D eigenvalue weighted by Gasteiger charge is 2.19. The van der Waals surface area contributed by atoms with Gasteiger partial charge in [-0.05, 0) is 68.7 Å². The number of hydrogen-bond donors (Lipinski definition) is 0. The van der Waals surface area contributed by atoms with Crippen molar-refractivity contribution in [3.8, 4) is 17.2 Å². The van der Waals surface area contributed by atoms with Gasteiger partial charge >= 0.3 is 0 Å². The molecule has 0 amide bonds. The molecule has 0 spiro atoms. The van der Waals surface area contributed by atoms with Crippen LogP contribution in [0.3, 0.4) is 0 Å². The molecule has 5 rings (SSSR count). The van der Waals surface area contributed by atoms with Crippen LogP contribution >= 0.6 is 11.3 Å². The lowest BCUT2D eigenvalue weighted by atomic mass is 9.98. The van der Waals surface area contributed by atoms with E-state index in [9.17, 15) is 9.18 Å².